The van der Waals surface area contributed by atoms with Crippen molar-refractivity contribution in [3.8, 4) is 0 Å². The van der Waals surface area contributed by atoms with E-state index in [-0.39, 0.29) is 11.6 Å². The molecule has 6 heteroatoms. The van der Waals surface area contributed by atoms with Gasteiger partial charge < -0.3 is 9.47 Å². The first-order valence-corrected chi connectivity index (χ1v) is 8.17. The maximum absolute atomic E-state index is 13.2. The minimum Gasteiger partial charge on any atom is -0.317 e. The smallest absolute Gasteiger partial charge is 0.280 e. The van der Waals surface area contributed by atoms with Gasteiger partial charge in [0.1, 0.15) is 5.69 Å². The molecule has 1 aromatic heterocycles. The summed E-state index contributed by atoms with van der Waals surface area (Å²) < 4.78 is 28.3. The van der Waals surface area contributed by atoms with Crippen LogP contribution in [0.4, 0.5) is 8.78 Å². The van der Waals surface area contributed by atoms with Gasteiger partial charge in [0, 0.05) is 31.4 Å². The van der Waals surface area contributed by atoms with Crippen LogP contribution in [0.3, 0.4) is 0 Å². The molecule has 1 aliphatic heterocycles. The highest BCUT2D eigenvalue weighted by Crippen LogP contribution is 2.31. The van der Waals surface area contributed by atoms with Gasteiger partial charge in [-0.3, -0.25) is 0 Å². The molecule has 1 fully saturated rings. The molecule has 1 aliphatic rings. The number of likely N-dealkylation sites (tertiary alicyclic amines) is 1. The standard InChI is InChI=1S/C17H26F2N4/c1-5-6-8-20-17-21-14(16(18)19)10-15(23(17)4)13-11-22(3)9-7-12(13)2/h6,8,10,12-13,16H,5,7,9,11H2,1-4H3/b8-6+,20-17?. The monoisotopic (exact) mass is 324 g/mol. The number of rotatable bonds is 4. The molecule has 2 heterocycles. The number of halogens is 2. The van der Waals surface area contributed by atoms with Crippen molar-refractivity contribution in [2.45, 2.75) is 39.0 Å². The fourth-order valence-corrected chi connectivity index (χ4v) is 3.01. The Labute approximate surface area is 136 Å². The van der Waals surface area contributed by atoms with Gasteiger partial charge in [0.15, 0.2) is 0 Å². The Morgan fingerprint density at radius 2 is 2.17 bits per heavy atom. The third kappa shape index (κ3) is 4.25. The van der Waals surface area contributed by atoms with Crippen LogP contribution in [0.25, 0.3) is 0 Å². The Balaban J connectivity index is 2.53. The highest BCUT2D eigenvalue weighted by molar-refractivity contribution is 5.17. The molecule has 0 aromatic carbocycles. The molecule has 4 nitrogen and oxygen atoms in total. The summed E-state index contributed by atoms with van der Waals surface area (Å²) >= 11 is 0. The molecule has 23 heavy (non-hydrogen) atoms. The summed E-state index contributed by atoms with van der Waals surface area (Å²) in [5, 5.41) is 0. The molecule has 0 saturated carbocycles. The van der Waals surface area contributed by atoms with Crippen LogP contribution in [-0.2, 0) is 7.05 Å². The summed E-state index contributed by atoms with van der Waals surface area (Å²) in [5.74, 6) is 0.660. The van der Waals surface area contributed by atoms with Crippen molar-refractivity contribution in [3.05, 3.63) is 35.3 Å². The predicted molar refractivity (Wildman–Crippen MR) is 87.2 cm³/mol. The Morgan fingerprint density at radius 3 is 2.83 bits per heavy atom. The minimum atomic E-state index is -2.59. The lowest BCUT2D eigenvalue weighted by molar-refractivity contribution is 0.144. The molecule has 1 saturated heterocycles. The fourth-order valence-electron chi connectivity index (χ4n) is 3.01. The zero-order valence-electron chi connectivity index (χ0n) is 14.3. The Kier molecular flexibility index (Phi) is 6.04. The van der Waals surface area contributed by atoms with E-state index in [9.17, 15) is 8.78 Å². The van der Waals surface area contributed by atoms with E-state index in [2.05, 4.69) is 28.8 Å². The second kappa shape index (κ2) is 7.81. The molecule has 0 bridgehead atoms. The summed E-state index contributed by atoms with van der Waals surface area (Å²) in [4.78, 5) is 10.5. The molecule has 0 radical (unpaired) electrons. The summed E-state index contributed by atoms with van der Waals surface area (Å²) in [6.07, 6.45) is 2.84. The van der Waals surface area contributed by atoms with Gasteiger partial charge in [0.05, 0.1) is 0 Å². The van der Waals surface area contributed by atoms with Crippen molar-refractivity contribution in [2.75, 3.05) is 20.1 Å². The van der Waals surface area contributed by atoms with Gasteiger partial charge in [-0.1, -0.05) is 19.9 Å². The van der Waals surface area contributed by atoms with E-state index in [1.807, 2.05) is 24.6 Å². The van der Waals surface area contributed by atoms with E-state index < -0.39 is 6.43 Å². The van der Waals surface area contributed by atoms with E-state index in [4.69, 9.17) is 0 Å². The van der Waals surface area contributed by atoms with Crippen molar-refractivity contribution in [2.24, 2.45) is 18.0 Å². The number of allylic oxidation sites excluding steroid dienone is 1. The van der Waals surface area contributed by atoms with Crippen molar-refractivity contribution in [1.82, 2.24) is 14.5 Å². The first-order valence-electron chi connectivity index (χ1n) is 8.17. The summed E-state index contributed by atoms with van der Waals surface area (Å²) in [6, 6.07) is 1.55. The second-order valence-electron chi connectivity index (χ2n) is 6.32. The quantitative estimate of drug-likeness (QED) is 0.852. The van der Waals surface area contributed by atoms with Gasteiger partial charge in [-0.15, -0.1) is 0 Å². The second-order valence-corrected chi connectivity index (χ2v) is 6.32. The maximum atomic E-state index is 13.2. The molecular weight excluding hydrogens is 298 g/mol. The van der Waals surface area contributed by atoms with Gasteiger partial charge in [-0.05, 0) is 38.4 Å². The highest BCUT2D eigenvalue weighted by Gasteiger charge is 2.28. The van der Waals surface area contributed by atoms with Crippen molar-refractivity contribution < 1.29 is 8.78 Å². The normalized spacial score (nSPS) is 24.0. The van der Waals surface area contributed by atoms with Crippen molar-refractivity contribution >= 4 is 0 Å². The van der Waals surface area contributed by atoms with E-state index in [0.717, 1.165) is 31.6 Å². The number of alkyl halides is 2. The van der Waals surface area contributed by atoms with E-state index >= 15 is 0 Å². The topological polar surface area (TPSA) is 33.4 Å². The van der Waals surface area contributed by atoms with E-state index in [0.29, 0.717) is 11.5 Å². The third-order valence-electron chi connectivity index (χ3n) is 4.51. The number of piperidine rings is 1. The van der Waals surface area contributed by atoms with Gasteiger partial charge in [-0.25, -0.2) is 18.8 Å². The Morgan fingerprint density at radius 1 is 1.43 bits per heavy atom. The van der Waals surface area contributed by atoms with Crippen molar-refractivity contribution in [3.63, 3.8) is 0 Å². The largest absolute Gasteiger partial charge is 0.317 e. The zero-order chi connectivity index (χ0) is 17.0. The zero-order valence-corrected chi connectivity index (χ0v) is 14.3. The average molecular weight is 324 g/mol. The average Bonchev–Trinajstić information content (AvgIpc) is 2.51. The van der Waals surface area contributed by atoms with Gasteiger partial charge in [-0.2, -0.15) is 0 Å². The van der Waals surface area contributed by atoms with Crippen LogP contribution in [0.15, 0.2) is 23.3 Å². The SMILES string of the molecule is CC/C=C/N=c1nc(C(F)F)cc(C2CN(C)CCC2C)n1C. The van der Waals surface area contributed by atoms with Crippen LogP contribution < -0.4 is 5.62 Å². The van der Waals surface area contributed by atoms with Crippen LogP contribution in [0.1, 0.15) is 50.4 Å². The lowest BCUT2D eigenvalue weighted by Gasteiger charge is -2.36. The molecule has 0 aliphatic carbocycles. The van der Waals surface area contributed by atoms with Crippen LogP contribution in [-0.4, -0.2) is 34.6 Å². The highest BCUT2D eigenvalue weighted by atomic mass is 19.3. The minimum absolute atomic E-state index is 0.192. The third-order valence-corrected chi connectivity index (χ3v) is 4.51. The van der Waals surface area contributed by atoms with E-state index in [1.165, 1.54) is 0 Å². The van der Waals surface area contributed by atoms with Gasteiger partial charge in [0.25, 0.3) is 6.43 Å². The van der Waals surface area contributed by atoms with Gasteiger partial charge in [0.2, 0.25) is 5.62 Å². The summed E-state index contributed by atoms with van der Waals surface area (Å²) in [6.45, 7) is 6.10. The number of hydrogen-bond acceptors (Lipinski definition) is 3. The summed E-state index contributed by atoms with van der Waals surface area (Å²) in [5.41, 5.74) is 1.03. The molecule has 2 unspecified atom stereocenters. The lowest BCUT2D eigenvalue weighted by atomic mass is 9.84. The number of aromatic nitrogens is 2. The molecule has 0 spiro atoms. The molecule has 2 rings (SSSR count). The predicted octanol–water partition coefficient (Wildman–Crippen LogP) is 3.24. The van der Waals surface area contributed by atoms with E-state index in [1.54, 1.807) is 12.3 Å². The first-order chi connectivity index (χ1) is 10.9. The van der Waals surface area contributed by atoms with Crippen LogP contribution >= 0.6 is 0 Å². The van der Waals surface area contributed by atoms with Crippen LogP contribution in [0.5, 0.6) is 0 Å². The first kappa shape index (κ1) is 17.8. The molecule has 128 valence electrons. The molecule has 1 aromatic rings. The lowest BCUT2D eigenvalue weighted by Crippen LogP contribution is -2.38. The van der Waals surface area contributed by atoms with Gasteiger partial charge >= 0.3 is 0 Å². The van der Waals surface area contributed by atoms with Crippen LogP contribution in [0.2, 0.25) is 0 Å². The number of likely N-dealkylation sites (N-methyl/N-ethyl adjacent to an activating group) is 1. The Hall–Kier alpha value is -1.56. The van der Waals surface area contributed by atoms with Crippen LogP contribution in [0, 0.1) is 5.92 Å². The fraction of sp³-hybridized carbons (Fsp3) is 0.647. The molecular formula is C17H26F2N4. The molecule has 0 amide bonds. The number of hydrogen-bond donors (Lipinski definition) is 0. The Bertz CT molecular complexity index is 622. The van der Waals surface area contributed by atoms with Crippen molar-refractivity contribution in [1.29, 1.82) is 0 Å². The maximum Gasteiger partial charge on any atom is 0.280 e. The number of nitrogens with zero attached hydrogens (tertiary/aromatic N) is 4. The molecule has 0 N–H and O–H groups in total. The molecule has 2 atom stereocenters. The summed E-state index contributed by atoms with van der Waals surface area (Å²) in [7, 11) is 3.93.